The Morgan fingerprint density at radius 3 is 2.48 bits per heavy atom. The zero-order valence-corrected chi connectivity index (χ0v) is 14.9. The van der Waals surface area contributed by atoms with Crippen molar-refractivity contribution in [1.29, 1.82) is 0 Å². The number of amides is 1. The van der Waals surface area contributed by atoms with Crippen molar-refractivity contribution in [2.24, 2.45) is 11.7 Å². The number of nitrogens with two attached hydrogens (primary N) is 1. The van der Waals surface area contributed by atoms with Gasteiger partial charge in [0.15, 0.2) is 0 Å². The minimum absolute atomic E-state index is 0. The van der Waals surface area contributed by atoms with Gasteiger partial charge < -0.3 is 11.1 Å². The first kappa shape index (κ1) is 20.5. The number of carbonyl (C=O) groups excluding carboxylic acids is 1. The van der Waals surface area contributed by atoms with E-state index < -0.39 is 0 Å². The van der Waals surface area contributed by atoms with E-state index >= 15 is 0 Å². The predicted molar refractivity (Wildman–Crippen MR) is 92.5 cm³/mol. The standard InChI is InChI=1S/C15H22Cl2N2O.ClH/c1-10(2)8-15(3,9-18)19-14(20)6-11-4-5-12(16)7-13(11)17;/h4-5,7,10H,6,8-9,18H2,1-3H3,(H,19,20);1H. The average molecular weight is 354 g/mol. The molecule has 6 heteroatoms. The maximum absolute atomic E-state index is 12.1. The topological polar surface area (TPSA) is 55.1 Å². The summed E-state index contributed by atoms with van der Waals surface area (Å²) in [6, 6.07) is 5.14. The largest absolute Gasteiger partial charge is 0.349 e. The summed E-state index contributed by atoms with van der Waals surface area (Å²) in [7, 11) is 0. The molecule has 1 atom stereocenters. The fourth-order valence-electron chi connectivity index (χ4n) is 2.31. The molecule has 0 saturated heterocycles. The van der Waals surface area contributed by atoms with Gasteiger partial charge in [-0.25, -0.2) is 0 Å². The molecule has 0 radical (unpaired) electrons. The van der Waals surface area contributed by atoms with E-state index in [-0.39, 0.29) is 30.3 Å². The maximum atomic E-state index is 12.1. The molecule has 3 N–H and O–H groups in total. The van der Waals surface area contributed by atoms with Crippen molar-refractivity contribution in [1.82, 2.24) is 5.32 Å². The molecule has 0 bridgehead atoms. The number of rotatable bonds is 6. The zero-order chi connectivity index (χ0) is 15.3. The lowest BCUT2D eigenvalue weighted by atomic mass is 9.90. The summed E-state index contributed by atoms with van der Waals surface area (Å²) in [5.41, 5.74) is 6.17. The maximum Gasteiger partial charge on any atom is 0.224 e. The molecule has 1 unspecified atom stereocenters. The van der Waals surface area contributed by atoms with E-state index in [9.17, 15) is 4.79 Å². The van der Waals surface area contributed by atoms with Gasteiger partial charge in [0.05, 0.1) is 6.42 Å². The normalized spacial score (nSPS) is 13.5. The molecule has 1 aromatic rings. The van der Waals surface area contributed by atoms with E-state index in [2.05, 4.69) is 19.2 Å². The Balaban J connectivity index is 0.00000400. The van der Waals surface area contributed by atoms with Crippen LogP contribution < -0.4 is 11.1 Å². The van der Waals surface area contributed by atoms with Crippen LogP contribution >= 0.6 is 35.6 Å². The monoisotopic (exact) mass is 352 g/mol. The molecule has 0 aliphatic heterocycles. The summed E-state index contributed by atoms with van der Waals surface area (Å²) in [6.45, 7) is 6.59. The van der Waals surface area contributed by atoms with E-state index in [1.54, 1.807) is 18.2 Å². The molecule has 0 spiro atoms. The van der Waals surface area contributed by atoms with E-state index in [1.165, 1.54) is 0 Å². The van der Waals surface area contributed by atoms with Crippen LogP contribution in [0, 0.1) is 5.92 Å². The van der Waals surface area contributed by atoms with Crippen LogP contribution in [-0.2, 0) is 11.2 Å². The fraction of sp³-hybridized carbons (Fsp3) is 0.533. The molecule has 0 aliphatic rings. The number of nitrogens with one attached hydrogen (secondary N) is 1. The Hall–Kier alpha value is -0.480. The van der Waals surface area contributed by atoms with Crippen LogP contribution in [0.5, 0.6) is 0 Å². The summed E-state index contributed by atoms with van der Waals surface area (Å²) in [4.78, 5) is 12.1. The first-order valence-electron chi connectivity index (χ1n) is 6.71. The molecule has 21 heavy (non-hydrogen) atoms. The number of halogens is 3. The molecule has 0 heterocycles. The Labute approximate surface area is 143 Å². The van der Waals surface area contributed by atoms with Crippen LogP contribution in [0.2, 0.25) is 10.0 Å². The lowest BCUT2D eigenvalue weighted by Crippen LogP contribution is -2.52. The smallest absolute Gasteiger partial charge is 0.224 e. The number of benzene rings is 1. The van der Waals surface area contributed by atoms with Gasteiger partial charge in [0, 0.05) is 22.1 Å². The SMILES string of the molecule is CC(C)CC(C)(CN)NC(=O)Cc1ccc(Cl)cc1Cl.Cl. The fourth-order valence-corrected chi connectivity index (χ4v) is 2.78. The molecule has 0 aliphatic carbocycles. The molecule has 1 amide bonds. The third-order valence-corrected chi connectivity index (χ3v) is 3.70. The highest BCUT2D eigenvalue weighted by molar-refractivity contribution is 6.35. The van der Waals surface area contributed by atoms with Gasteiger partial charge in [0.2, 0.25) is 5.91 Å². The van der Waals surface area contributed by atoms with Gasteiger partial charge in [-0.05, 0) is 37.0 Å². The van der Waals surface area contributed by atoms with E-state index in [4.69, 9.17) is 28.9 Å². The Morgan fingerprint density at radius 2 is 2.00 bits per heavy atom. The van der Waals surface area contributed by atoms with Crippen molar-refractivity contribution in [2.75, 3.05) is 6.54 Å². The van der Waals surface area contributed by atoms with E-state index in [0.717, 1.165) is 12.0 Å². The summed E-state index contributed by atoms with van der Waals surface area (Å²) in [6.07, 6.45) is 1.06. The molecule has 120 valence electrons. The lowest BCUT2D eigenvalue weighted by molar-refractivity contribution is -0.122. The summed E-state index contributed by atoms with van der Waals surface area (Å²) in [5.74, 6) is 0.380. The third-order valence-electron chi connectivity index (χ3n) is 3.12. The van der Waals surface area contributed by atoms with Crippen molar-refractivity contribution in [3.63, 3.8) is 0 Å². The van der Waals surface area contributed by atoms with Gasteiger partial charge in [-0.3, -0.25) is 4.79 Å². The summed E-state index contributed by atoms with van der Waals surface area (Å²) in [5, 5.41) is 4.08. The highest BCUT2D eigenvalue weighted by Crippen LogP contribution is 2.22. The second-order valence-electron chi connectivity index (χ2n) is 5.82. The van der Waals surface area contributed by atoms with E-state index in [0.29, 0.717) is 22.5 Å². The average Bonchev–Trinajstić information content (AvgIpc) is 2.31. The van der Waals surface area contributed by atoms with Gasteiger partial charge in [0.25, 0.3) is 0 Å². The lowest BCUT2D eigenvalue weighted by Gasteiger charge is -2.31. The van der Waals surface area contributed by atoms with Gasteiger partial charge in [-0.1, -0.05) is 43.1 Å². The van der Waals surface area contributed by atoms with Gasteiger partial charge in [-0.15, -0.1) is 12.4 Å². The van der Waals surface area contributed by atoms with Crippen LogP contribution in [0.4, 0.5) is 0 Å². The molecule has 0 fully saturated rings. The van der Waals surface area contributed by atoms with Crippen molar-refractivity contribution in [3.8, 4) is 0 Å². The number of carbonyl (C=O) groups is 1. The Morgan fingerprint density at radius 1 is 1.38 bits per heavy atom. The predicted octanol–water partition coefficient (Wildman–Crippen LogP) is 3.84. The van der Waals surface area contributed by atoms with Crippen LogP contribution in [0.1, 0.15) is 32.8 Å². The molecule has 0 aromatic heterocycles. The molecule has 3 nitrogen and oxygen atoms in total. The van der Waals surface area contributed by atoms with Gasteiger partial charge in [-0.2, -0.15) is 0 Å². The van der Waals surface area contributed by atoms with Crippen LogP contribution in [-0.4, -0.2) is 18.0 Å². The molecular weight excluding hydrogens is 331 g/mol. The minimum Gasteiger partial charge on any atom is -0.349 e. The second-order valence-corrected chi connectivity index (χ2v) is 6.67. The minimum atomic E-state index is -0.385. The molecular formula is C15H23Cl3N2O. The van der Waals surface area contributed by atoms with Crippen molar-refractivity contribution in [3.05, 3.63) is 33.8 Å². The zero-order valence-electron chi connectivity index (χ0n) is 12.6. The first-order chi connectivity index (χ1) is 9.25. The van der Waals surface area contributed by atoms with Crippen molar-refractivity contribution in [2.45, 2.75) is 39.2 Å². The first-order valence-corrected chi connectivity index (χ1v) is 7.46. The summed E-state index contributed by atoms with van der Waals surface area (Å²) >= 11 is 11.9. The van der Waals surface area contributed by atoms with Crippen molar-refractivity contribution < 1.29 is 4.79 Å². The van der Waals surface area contributed by atoms with E-state index in [1.807, 2.05) is 6.92 Å². The number of hydrogen-bond donors (Lipinski definition) is 2. The highest BCUT2D eigenvalue weighted by Gasteiger charge is 2.25. The quantitative estimate of drug-likeness (QED) is 0.816. The van der Waals surface area contributed by atoms with Gasteiger partial charge in [0.1, 0.15) is 0 Å². The van der Waals surface area contributed by atoms with Crippen LogP contribution in [0.15, 0.2) is 18.2 Å². The Kier molecular flexibility index (Phi) is 8.64. The Bertz CT molecular complexity index is 480. The van der Waals surface area contributed by atoms with Gasteiger partial charge >= 0.3 is 0 Å². The number of hydrogen-bond acceptors (Lipinski definition) is 2. The summed E-state index contributed by atoms with van der Waals surface area (Å²) < 4.78 is 0. The van der Waals surface area contributed by atoms with Crippen molar-refractivity contribution >= 4 is 41.5 Å². The van der Waals surface area contributed by atoms with Crippen LogP contribution in [0.3, 0.4) is 0 Å². The third kappa shape index (κ3) is 6.88. The molecule has 1 aromatic carbocycles. The van der Waals surface area contributed by atoms with Crippen LogP contribution in [0.25, 0.3) is 0 Å². The molecule has 0 saturated carbocycles. The second kappa shape index (κ2) is 8.84. The molecule has 1 rings (SSSR count). The highest BCUT2D eigenvalue weighted by atomic mass is 35.5.